The Balaban J connectivity index is 1.50. The quantitative estimate of drug-likeness (QED) is 0.233. The maximum absolute atomic E-state index is 12.7. The van der Waals surface area contributed by atoms with Crippen molar-refractivity contribution >= 4 is 39.2 Å². The third-order valence-corrected chi connectivity index (χ3v) is 5.05. The number of non-ortho nitro benzene ring substituents is 1. The lowest BCUT2D eigenvalue weighted by Gasteiger charge is -2.06. The number of H-pyrrole nitrogens is 1. The third-order valence-electron chi connectivity index (χ3n) is 5.05. The second kappa shape index (κ2) is 7.96. The highest BCUT2D eigenvalue weighted by atomic mass is 16.6. The van der Waals surface area contributed by atoms with Crippen molar-refractivity contribution in [1.29, 1.82) is 0 Å². The minimum Gasteiger partial charge on any atom is -0.493 e. The fraction of sp³-hybridized carbons (Fsp3) is 0.0455. The van der Waals surface area contributed by atoms with E-state index in [9.17, 15) is 20.0 Å². The summed E-state index contributed by atoms with van der Waals surface area (Å²) in [7, 11) is 0. The largest absolute Gasteiger partial charge is 0.493 e. The maximum atomic E-state index is 12.7. The number of para-hydroxylation sites is 2. The van der Waals surface area contributed by atoms with Crippen LogP contribution < -0.4 is 0 Å². The molecular weight excluding hydrogens is 426 g/mol. The summed E-state index contributed by atoms with van der Waals surface area (Å²) in [5.74, 6) is -0.440. The van der Waals surface area contributed by atoms with Gasteiger partial charge in [-0.3, -0.25) is 19.9 Å². The van der Waals surface area contributed by atoms with E-state index in [1.54, 1.807) is 22.9 Å². The summed E-state index contributed by atoms with van der Waals surface area (Å²) < 4.78 is 1.69. The van der Waals surface area contributed by atoms with Gasteiger partial charge in [0.25, 0.3) is 11.6 Å². The molecule has 11 nitrogen and oxygen atoms in total. The van der Waals surface area contributed by atoms with Crippen LogP contribution in [0.3, 0.4) is 0 Å². The molecule has 33 heavy (non-hydrogen) atoms. The highest BCUT2D eigenvalue weighted by Gasteiger charge is 2.18. The van der Waals surface area contributed by atoms with Gasteiger partial charge in [-0.25, -0.2) is 4.98 Å². The fourth-order valence-electron chi connectivity index (χ4n) is 3.57. The van der Waals surface area contributed by atoms with E-state index in [-0.39, 0.29) is 29.2 Å². The van der Waals surface area contributed by atoms with Crippen molar-refractivity contribution in [1.82, 2.24) is 19.5 Å². The van der Waals surface area contributed by atoms with Gasteiger partial charge in [-0.1, -0.05) is 18.2 Å². The number of amides is 1. The number of nitrogens with zero attached hydrogens (tertiary/aromatic N) is 6. The summed E-state index contributed by atoms with van der Waals surface area (Å²) >= 11 is 0. The predicted molar refractivity (Wildman–Crippen MR) is 119 cm³/mol. The first-order chi connectivity index (χ1) is 16.0. The number of fused-ring (bicyclic) bond motifs is 2. The molecule has 3 aromatic heterocycles. The molecule has 3 heterocycles. The Labute approximate surface area is 185 Å². The van der Waals surface area contributed by atoms with Gasteiger partial charge >= 0.3 is 0 Å². The number of hydrogen-bond acceptors (Lipinski definition) is 7. The number of aromatic amines is 1. The zero-order valence-electron chi connectivity index (χ0n) is 16.9. The molecule has 0 saturated heterocycles. The first-order valence-corrected chi connectivity index (χ1v) is 9.81. The number of hydrogen-bond donors (Lipinski definition) is 2. The predicted octanol–water partition coefficient (Wildman–Crippen LogP) is 4.50. The lowest BCUT2D eigenvalue weighted by atomic mass is 10.2. The van der Waals surface area contributed by atoms with Crippen molar-refractivity contribution in [2.75, 3.05) is 0 Å². The van der Waals surface area contributed by atoms with E-state index in [1.165, 1.54) is 18.2 Å². The van der Waals surface area contributed by atoms with Crippen LogP contribution in [-0.2, 0) is 11.3 Å². The molecule has 2 aromatic carbocycles. The van der Waals surface area contributed by atoms with Crippen molar-refractivity contribution < 1.29 is 14.8 Å². The molecule has 5 aromatic rings. The summed E-state index contributed by atoms with van der Waals surface area (Å²) in [6.07, 6.45) is 1.64. The van der Waals surface area contributed by atoms with Crippen LogP contribution in [0.15, 0.2) is 77.1 Å². The number of azo groups is 1. The van der Waals surface area contributed by atoms with Crippen LogP contribution in [0.5, 0.6) is 5.88 Å². The lowest BCUT2D eigenvalue weighted by molar-refractivity contribution is -0.384. The highest BCUT2D eigenvalue weighted by Crippen LogP contribution is 2.37. The molecule has 0 bridgehead atoms. The number of nitro benzene ring substituents is 1. The lowest BCUT2D eigenvalue weighted by Crippen LogP contribution is -2.09. The molecule has 11 heteroatoms. The maximum Gasteiger partial charge on any atom is 0.284 e. The molecule has 0 atom stereocenters. The number of imidazole rings is 1. The van der Waals surface area contributed by atoms with Crippen molar-refractivity contribution in [3.63, 3.8) is 0 Å². The van der Waals surface area contributed by atoms with Crippen LogP contribution in [0.2, 0.25) is 0 Å². The van der Waals surface area contributed by atoms with Gasteiger partial charge in [-0.15, -0.1) is 10.2 Å². The standard InChI is InChI=1S/C22H15N7O4/c30-19(26-27-20-14-11-13(29(32)33)8-9-15(14)25-22(20)31)12-28-18-7-2-1-5-16(18)24-21(28)17-6-3-4-10-23-17/h1-11,25,31H,12H2. The Kier molecular flexibility index (Phi) is 4.83. The first-order valence-electron chi connectivity index (χ1n) is 9.81. The molecule has 0 aliphatic rings. The Hall–Kier alpha value is -4.93. The summed E-state index contributed by atoms with van der Waals surface area (Å²) in [6.45, 7) is -0.167. The van der Waals surface area contributed by atoms with Crippen molar-refractivity contribution in [3.8, 4) is 17.4 Å². The summed E-state index contributed by atoms with van der Waals surface area (Å²) in [5.41, 5.74) is 2.23. The van der Waals surface area contributed by atoms with E-state index >= 15 is 0 Å². The Morgan fingerprint density at radius 3 is 2.76 bits per heavy atom. The smallest absolute Gasteiger partial charge is 0.284 e. The highest BCUT2D eigenvalue weighted by molar-refractivity contribution is 5.96. The second-order valence-corrected chi connectivity index (χ2v) is 7.13. The molecule has 1 amide bonds. The molecule has 0 saturated carbocycles. The van der Waals surface area contributed by atoms with Crippen LogP contribution in [0.25, 0.3) is 33.5 Å². The van der Waals surface area contributed by atoms with Crippen LogP contribution in [0.4, 0.5) is 11.4 Å². The number of carbonyl (C=O) groups is 1. The average molecular weight is 441 g/mol. The second-order valence-electron chi connectivity index (χ2n) is 7.13. The number of aromatic nitrogens is 4. The number of nitro groups is 1. The van der Waals surface area contributed by atoms with E-state index in [1.807, 2.05) is 30.3 Å². The van der Waals surface area contributed by atoms with Crippen LogP contribution in [-0.4, -0.2) is 35.5 Å². The first kappa shape index (κ1) is 20.0. The minimum absolute atomic E-state index is 0.0533. The van der Waals surface area contributed by atoms with E-state index in [0.29, 0.717) is 22.6 Å². The Morgan fingerprint density at radius 1 is 1.15 bits per heavy atom. The number of nitrogens with one attached hydrogen (secondary N) is 1. The van der Waals surface area contributed by atoms with Gasteiger partial charge in [0.15, 0.2) is 11.5 Å². The molecule has 0 radical (unpaired) electrons. The van der Waals surface area contributed by atoms with Gasteiger partial charge in [0, 0.05) is 23.7 Å². The van der Waals surface area contributed by atoms with E-state index in [0.717, 1.165) is 5.52 Å². The molecule has 0 spiro atoms. The van der Waals surface area contributed by atoms with Crippen molar-refractivity contribution in [3.05, 3.63) is 77.0 Å². The van der Waals surface area contributed by atoms with E-state index in [4.69, 9.17) is 0 Å². The Morgan fingerprint density at radius 2 is 1.97 bits per heavy atom. The third kappa shape index (κ3) is 3.67. The summed E-state index contributed by atoms with van der Waals surface area (Å²) in [6, 6.07) is 16.8. The average Bonchev–Trinajstić information content (AvgIpc) is 3.34. The van der Waals surface area contributed by atoms with E-state index in [2.05, 4.69) is 25.2 Å². The van der Waals surface area contributed by atoms with Gasteiger partial charge in [-0.2, -0.15) is 0 Å². The molecule has 0 aliphatic heterocycles. The van der Waals surface area contributed by atoms with Gasteiger partial charge in [-0.05, 0) is 30.3 Å². The zero-order chi connectivity index (χ0) is 22.9. The van der Waals surface area contributed by atoms with Crippen molar-refractivity contribution in [2.45, 2.75) is 6.54 Å². The van der Waals surface area contributed by atoms with Crippen LogP contribution in [0.1, 0.15) is 0 Å². The monoisotopic (exact) mass is 441 g/mol. The number of benzene rings is 2. The molecule has 0 aliphatic carbocycles. The normalized spacial score (nSPS) is 11.5. The topological polar surface area (TPSA) is 152 Å². The molecule has 0 fully saturated rings. The molecule has 0 unspecified atom stereocenters. The number of carbonyl (C=O) groups excluding carboxylic acids is 1. The fourth-order valence-corrected chi connectivity index (χ4v) is 3.57. The van der Waals surface area contributed by atoms with Crippen molar-refractivity contribution in [2.24, 2.45) is 10.2 Å². The number of pyridine rings is 1. The van der Waals surface area contributed by atoms with Crippen LogP contribution in [0, 0.1) is 10.1 Å². The Bertz CT molecular complexity index is 1550. The zero-order valence-corrected chi connectivity index (χ0v) is 16.9. The van der Waals surface area contributed by atoms with Crippen LogP contribution >= 0.6 is 0 Å². The minimum atomic E-state index is -0.602. The number of aromatic hydroxyl groups is 1. The van der Waals surface area contributed by atoms with E-state index < -0.39 is 10.8 Å². The molecule has 162 valence electrons. The molecule has 5 rings (SSSR count). The number of rotatable bonds is 5. The van der Waals surface area contributed by atoms with Gasteiger partial charge in [0.2, 0.25) is 5.88 Å². The molecule has 2 N–H and O–H groups in total. The summed E-state index contributed by atoms with van der Waals surface area (Å²) in [5, 5.41) is 29.1. The van der Waals surface area contributed by atoms with Gasteiger partial charge in [0.1, 0.15) is 12.2 Å². The SMILES string of the molecule is O=C(Cn1c(-c2ccccn2)nc2ccccc21)N=Nc1c(O)[nH]c2ccc([N+](=O)[O-])cc12. The van der Waals surface area contributed by atoms with Gasteiger partial charge in [0.05, 0.1) is 21.5 Å². The molecular formula is C22H15N7O4. The summed E-state index contributed by atoms with van der Waals surface area (Å²) in [4.78, 5) is 34.8. The van der Waals surface area contributed by atoms with Gasteiger partial charge < -0.3 is 14.7 Å².